The Balaban J connectivity index is 4.24. The van der Waals surface area contributed by atoms with Crippen molar-refractivity contribution in [2.75, 3.05) is 5.75 Å². The molecule has 0 aliphatic heterocycles. The van der Waals surface area contributed by atoms with Crippen LogP contribution in [0.15, 0.2) is 36.5 Å². The molecule has 0 saturated carbocycles. The molecule has 0 bridgehead atoms. The number of aliphatic hydroxyl groups is 2. The molecular weight excluding hydrogens is 526 g/mol. The first kappa shape index (κ1) is 38.5. The van der Waals surface area contributed by atoms with E-state index in [1.165, 1.54) is 70.3 Å². The molecule has 3 unspecified atom stereocenters. The first-order chi connectivity index (χ1) is 19.2. The van der Waals surface area contributed by atoms with Gasteiger partial charge in [0.2, 0.25) is 5.91 Å². The van der Waals surface area contributed by atoms with E-state index < -0.39 is 40.0 Å². The Morgan fingerprint density at radius 2 is 1.12 bits per heavy atom. The van der Waals surface area contributed by atoms with Crippen molar-refractivity contribution < 1.29 is 28.0 Å². The molecule has 0 spiro atoms. The van der Waals surface area contributed by atoms with Crippen LogP contribution in [-0.4, -0.2) is 53.1 Å². The van der Waals surface area contributed by atoms with Crippen LogP contribution in [-0.2, 0) is 14.9 Å². The molecule has 0 aromatic heterocycles. The highest BCUT2D eigenvalue weighted by Crippen LogP contribution is 2.12. The number of hydrogen-bond acceptors (Lipinski definition) is 5. The van der Waals surface area contributed by atoms with E-state index in [0.29, 0.717) is 12.8 Å². The zero-order valence-electron chi connectivity index (χ0n) is 25.3. The van der Waals surface area contributed by atoms with Crippen LogP contribution in [0.25, 0.3) is 0 Å². The second-order valence-electron chi connectivity index (χ2n) is 10.9. The van der Waals surface area contributed by atoms with E-state index in [0.717, 1.165) is 38.5 Å². The predicted molar refractivity (Wildman–Crippen MR) is 167 cm³/mol. The molecule has 3 atom stereocenters. The van der Waals surface area contributed by atoms with E-state index in [1.807, 2.05) is 0 Å². The average molecular weight is 586 g/mol. The van der Waals surface area contributed by atoms with Crippen LogP contribution in [0.3, 0.4) is 0 Å². The lowest BCUT2D eigenvalue weighted by Gasteiger charge is -2.22. The van der Waals surface area contributed by atoms with Gasteiger partial charge in [0.05, 0.1) is 17.9 Å². The van der Waals surface area contributed by atoms with Crippen molar-refractivity contribution in [3.05, 3.63) is 36.5 Å². The highest BCUT2D eigenvalue weighted by Gasteiger charge is 2.27. The maximum Gasteiger partial charge on any atom is 0.267 e. The molecule has 0 aliphatic rings. The second kappa shape index (κ2) is 26.4. The van der Waals surface area contributed by atoms with Crippen LogP contribution in [0.2, 0.25) is 0 Å². The minimum absolute atomic E-state index is 0.266. The molecule has 1 amide bonds. The van der Waals surface area contributed by atoms with Gasteiger partial charge in [-0.05, 0) is 57.8 Å². The topological polar surface area (TPSA) is 124 Å². The summed E-state index contributed by atoms with van der Waals surface area (Å²) >= 11 is 0. The van der Waals surface area contributed by atoms with Crippen LogP contribution in [0.4, 0.5) is 0 Å². The van der Waals surface area contributed by atoms with E-state index in [9.17, 15) is 28.0 Å². The fraction of sp³-hybridized carbons (Fsp3) is 0.781. The van der Waals surface area contributed by atoms with Crippen molar-refractivity contribution in [2.24, 2.45) is 0 Å². The standard InChI is InChI=1S/C32H59NO6S/c1-3-5-7-9-11-13-14-15-16-17-19-21-23-25-27-31(35)32(36)33-29(28-40(37,38)39)30(34)26-24-22-20-18-12-10-8-6-4-2/h12-14,18,24,26,29-31,34-35H,3-11,15-17,19-23,25,27-28H2,1-2H3,(H,33,36)(H,37,38,39)/b14-13-,18-12+,26-24+. The fourth-order valence-electron chi connectivity index (χ4n) is 4.40. The molecule has 0 fully saturated rings. The average Bonchev–Trinajstić information content (AvgIpc) is 2.90. The summed E-state index contributed by atoms with van der Waals surface area (Å²) in [6.07, 6.45) is 29.3. The maximum absolute atomic E-state index is 12.4. The molecule has 7 nitrogen and oxygen atoms in total. The van der Waals surface area contributed by atoms with Gasteiger partial charge < -0.3 is 15.5 Å². The molecule has 0 aromatic carbocycles. The van der Waals surface area contributed by atoms with Gasteiger partial charge in [0.1, 0.15) is 6.10 Å². The van der Waals surface area contributed by atoms with E-state index in [-0.39, 0.29) is 6.42 Å². The van der Waals surface area contributed by atoms with Crippen molar-refractivity contribution in [1.29, 1.82) is 0 Å². The number of rotatable bonds is 27. The normalized spacial score (nSPS) is 14.8. The molecule has 0 rings (SSSR count). The fourth-order valence-corrected chi connectivity index (χ4v) is 5.14. The Morgan fingerprint density at radius 1 is 0.675 bits per heavy atom. The predicted octanol–water partition coefficient (Wildman–Crippen LogP) is 7.20. The lowest BCUT2D eigenvalue weighted by molar-refractivity contribution is -0.130. The first-order valence-electron chi connectivity index (χ1n) is 15.8. The van der Waals surface area contributed by atoms with Crippen molar-refractivity contribution in [1.82, 2.24) is 5.32 Å². The Labute approximate surface area is 245 Å². The van der Waals surface area contributed by atoms with Crippen molar-refractivity contribution in [3.63, 3.8) is 0 Å². The Morgan fingerprint density at radius 3 is 1.70 bits per heavy atom. The van der Waals surface area contributed by atoms with Crippen LogP contribution in [0.1, 0.15) is 136 Å². The number of nitrogens with one attached hydrogen (secondary N) is 1. The summed E-state index contributed by atoms with van der Waals surface area (Å²) in [4.78, 5) is 12.4. The molecule has 234 valence electrons. The Kier molecular flexibility index (Phi) is 25.4. The van der Waals surface area contributed by atoms with E-state index in [2.05, 4.69) is 43.5 Å². The van der Waals surface area contributed by atoms with Gasteiger partial charge in [-0.25, -0.2) is 0 Å². The van der Waals surface area contributed by atoms with Gasteiger partial charge in [-0.15, -0.1) is 0 Å². The number of amides is 1. The van der Waals surface area contributed by atoms with E-state index in [1.54, 1.807) is 6.08 Å². The largest absolute Gasteiger partial charge is 0.387 e. The number of carbonyl (C=O) groups excluding carboxylic acids is 1. The summed E-state index contributed by atoms with van der Waals surface area (Å²) in [7, 11) is -4.44. The van der Waals surface area contributed by atoms with E-state index >= 15 is 0 Å². The van der Waals surface area contributed by atoms with Gasteiger partial charge in [0.25, 0.3) is 10.1 Å². The zero-order chi connectivity index (χ0) is 29.9. The second-order valence-corrected chi connectivity index (χ2v) is 12.4. The van der Waals surface area contributed by atoms with Gasteiger partial charge >= 0.3 is 0 Å². The summed E-state index contributed by atoms with van der Waals surface area (Å²) in [5.74, 6) is -1.57. The number of unbranched alkanes of at least 4 members (excludes halogenated alkanes) is 14. The van der Waals surface area contributed by atoms with E-state index in [4.69, 9.17) is 0 Å². The monoisotopic (exact) mass is 585 g/mol. The van der Waals surface area contributed by atoms with Crippen LogP contribution < -0.4 is 5.32 Å². The third-order valence-electron chi connectivity index (χ3n) is 6.90. The maximum atomic E-state index is 12.4. The van der Waals surface area contributed by atoms with Crippen molar-refractivity contribution in [2.45, 2.75) is 154 Å². The number of aliphatic hydroxyl groups excluding tert-OH is 2. The van der Waals surface area contributed by atoms with Crippen molar-refractivity contribution in [3.8, 4) is 0 Å². The van der Waals surface area contributed by atoms with Crippen molar-refractivity contribution >= 4 is 16.0 Å². The molecular formula is C32H59NO6S. The summed E-state index contributed by atoms with van der Waals surface area (Å²) in [5.41, 5.74) is 0. The summed E-state index contributed by atoms with van der Waals surface area (Å²) in [5, 5.41) is 23.1. The number of allylic oxidation sites excluding steroid dienone is 5. The molecule has 8 heteroatoms. The third-order valence-corrected chi connectivity index (χ3v) is 7.68. The minimum Gasteiger partial charge on any atom is -0.387 e. The Bertz CT molecular complexity index is 793. The molecule has 0 heterocycles. The molecule has 4 N–H and O–H groups in total. The number of carbonyl (C=O) groups is 1. The SMILES string of the molecule is CCCCC/C=C/CC/C=C/C(O)C(CS(=O)(=O)O)NC(=O)C(O)CCCCCCCC/C=C\CCCCCC. The zero-order valence-corrected chi connectivity index (χ0v) is 26.1. The number of hydrogen-bond donors (Lipinski definition) is 4. The highest BCUT2D eigenvalue weighted by atomic mass is 32.2. The van der Waals surface area contributed by atoms with Gasteiger partial charge in [0, 0.05) is 0 Å². The van der Waals surface area contributed by atoms with Gasteiger partial charge in [-0.1, -0.05) is 115 Å². The molecule has 0 saturated heterocycles. The smallest absolute Gasteiger partial charge is 0.267 e. The molecule has 0 aliphatic carbocycles. The minimum atomic E-state index is -4.44. The van der Waals surface area contributed by atoms with Crippen LogP contribution in [0.5, 0.6) is 0 Å². The summed E-state index contributed by atoms with van der Waals surface area (Å²) in [6.45, 7) is 4.39. The summed E-state index contributed by atoms with van der Waals surface area (Å²) in [6, 6.07) is -1.25. The van der Waals surface area contributed by atoms with Crippen LogP contribution in [0, 0.1) is 0 Å². The Hall–Kier alpha value is -1.48. The lowest BCUT2D eigenvalue weighted by atomic mass is 10.0. The quantitative estimate of drug-likeness (QED) is 0.0459. The molecule has 0 radical (unpaired) electrons. The van der Waals surface area contributed by atoms with Crippen LogP contribution >= 0.6 is 0 Å². The molecule has 40 heavy (non-hydrogen) atoms. The first-order valence-corrected chi connectivity index (χ1v) is 17.4. The molecule has 0 aromatic rings. The lowest BCUT2D eigenvalue weighted by Crippen LogP contribution is -2.50. The summed E-state index contributed by atoms with van der Waals surface area (Å²) < 4.78 is 32.1. The van der Waals surface area contributed by atoms with Gasteiger partial charge in [0.15, 0.2) is 0 Å². The highest BCUT2D eigenvalue weighted by molar-refractivity contribution is 7.85. The third kappa shape index (κ3) is 25.5. The van der Waals surface area contributed by atoms with Gasteiger partial charge in [-0.2, -0.15) is 8.42 Å². The van der Waals surface area contributed by atoms with Gasteiger partial charge in [-0.3, -0.25) is 9.35 Å².